The Morgan fingerprint density at radius 1 is 1.30 bits per heavy atom. The molecule has 0 aromatic heterocycles. The fourth-order valence-corrected chi connectivity index (χ4v) is 2.93. The highest BCUT2D eigenvalue weighted by atomic mass is 79.9. The van der Waals surface area contributed by atoms with Crippen LogP contribution in [-0.2, 0) is 0 Å². The molecule has 0 saturated carbocycles. The number of carbonyl (C=O) groups is 1. The van der Waals surface area contributed by atoms with Gasteiger partial charge in [-0.2, -0.15) is 0 Å². The third kappa shape index (κ3) is 4.91. The molecule has 4 heteroatoms. The predicted molar refractivity (Wildman–Crippen MR) is 85.1 cm³/mol. The predicted octanol–water partition coefficient (Wildman–Crippen LogP) is 1.88. The standard InChI is InChI=1S/C16H23BrN2O/c1-13-7-11-19(12-8-13)10-2-9-18-16(20)14-3-5-15(17)6-4-14/h3-6,13H,2,7-12H2,1H3,(H,18,20)/p+1. The Hall–Kier alpha value is -0.870. The van der Waals surface area contributed by atoms with Crippen molar-refractivity contribution in [1.29, 1.82) is 0 Å². The number of carbonyl (C=O) groups excluding carboxylic acids is 1. The molecule has 0 aliphatic carbocycles. The maximum Gasteiger partial charge on any atom is 0.251 e. The van der Waals surface area contributed by atoms with Crippen LogP contribution in [0.4, 0.5) is 0 Å². The Balaban J connectivity index is 1.63. The van der Waals surface area contributed by atoms with Gasteiger partial charge >= 0.3 is 0 Å². The fourth-order valence-electron chi connectivity index (χ4n) is 2.66. The Kier molecular flexibility index (Phi) is 6.05. The van der Waals surface area contributed by atoms with E-state index in [2.05, 4.69) is 28.2 Å². The minimum atomic E-state index is 0.0276. The molecule has 0 radical (unpaired) electrons. The zero-order valence-electron chi connectivity index (χ0n) is 12.1. The van der Waals surface area contributed by atoms with Gasteiger partial charge in [-0.05, 0) is 43.0 Å². The number of quaternary nitrogens is 1. The van der Waals surface area contributed by atoms with Gasteiger partial charge in [-0.25, -0.2) is 0 Å². The van der Waals surface area contributed by atoms with Crippen molar-refractivity contribution in [3.05, 3.63) is 34.3 Å². The number of amides is 1. The van der Waals surface area contributed by atoms with E-state index in [0.29, 0.717) is 0 Å². The second-order valence-corrected chi connectivity index (χ2v) is 6.71. The third-order valence-electron chi connectivity index (χ3n) is 4.08. The van der Waals surface area contributed by atoms with E-state index in [1.807, 2.05) is 24.3 Å². The first-order chi connectivity index (χ1) is 9.65. The molecule has 0 atom stereocenters. The van der Waals surface area contributed by atoms with Crippen molar-refractivity contribution < 1.29 is 9.69 Å². The molecule has 0 unspecified atom stereocenters. The van der Waals surface area contributed by atoms with Crippen LogP contribution in [0.2, 0.25) is 0 Å². The van der Waals surface area contributed by atoms with Gasteiger partial charge in [0, 0.05) is 23.0 Å². The largest absolute Gasteiger partial charge is 0.352 e. The lowest BCUT2D eigenvalue weighted by atomic mass is 9.99. The third-order valence-corrected chi connectivity index (χ3v) is 4.61. The van der Waals surface area contributed by atoms with Gasteiger partial charge < -0.3 is 10.2 Å². The summed E-state index contributed by atoms with van der Waals surface area (Å²) < 4.78 is 0.997. The average molecular weight is 340 g/mol. The summed E-state index contributed by atoms with van der Waals surface area (Å²) in [4.78, 5) is 13.6. The van der Waals surface area contributed by atoms with Crippen molar-refractivity contribution >= 4 is 21.8 Å². The lowest BCUT2D eigenvalue weighted by Gasteiger charge is -2.27. The number of nitrogens with one attached hydrogen (secondary N) is 2. The van der Waals surface area contributed by atoms with E-state index >= 15 is 0 Å². The first kappa shape index (κ1) is 15.5. The first-order valence-electron chi connectivity index (χ1n) is 7.52. The van der Waals surface area contributed by atoms with Gasteiger partial charge in [0.15, 0.2) is 0 Å². The van der Waals surface area contributed by atoms with Crippen molar-refractivity contribution in [3.8, 4) is 0 Å². The maximum atomic E-state index is 11.9. The zero-order chi connectivity index (χ0) is 14.4. The molecule has 1 aliphatic heterocycles. The molecule has 1 saturated heterocycles. The van der Waals surface area contributed by atoms with Crippen LogP contribution in [0.3, 0.4) is 0 Å². The van der Waals surface area contributed by atoms with E-state index in [4.69, 9.17) is 0 Å². The van der Waals surface area contributed by atoms with Crippen LogP contribution in [0, 0.1) is 5.92 Å². The van der Waals surface area contributed by atoms with Gasteiger partial charge in [-0.3, -0.25) is 4.79 Å². The summed E-state index contributed by atoms with van der Waals surface area (Å²) in [6.07, 6.45) is 3.76. The van der Waals surface area contributed by atoms with Crippen LogP contribution in [0.5, 0.6) is 0 Å². The number of hydrogen-bond donors (Lipinski definition) is 2. The van der Waals surface area contributed by atoms with Crippen molar-refractivity contribution in [3.63, 3.8) is 0 Å². The summed E-state index contributed by atoms with van der Waals surface area (Å²) in [5.74, 6) is 0.927. The average Bonchev–Trinajstić information content (AvgIpc) is 2.46. The Morgan fingerprint density at radius 2 is 1.95 bits per heavy atom. The van der Waals surface area contributed by atoms with Crippen molar-refractivity contribution in [1.82, 2.24) is 5.32 Å². The number of hydrogen-bond acceptors (Lipinski definition) is 1. The van der Waals surface area contributed by atoms with Gasteiger partial charge in [-0.15, -0.1) is 0 Å². The van der Waals surface area contributed by atoms with Crippen LogP contribution >= 0.6 is 15.9 Å². The Bertz CT molecular complexity index is 425. The van der Waals surface area contributed by atoms with Crippen LogP contribution in [-0.4, -0.2) is 32.1 Å². The monoisotopic (exact) mass is 339 g/mol. The number of benzene rings is 1. The first-order valence-corrected chi connectivity index (χ1v) is 8.32. The molecule has 1 aromatic carbocycles. The zero-order valence-corrected chi connectivity index (χ0v) is 13.7. The molecule has 110 valence electrons. The van der Waals surface area contributed by atoms with Gasteiger partial charge in [0.25, 0.3) is 5.91 Å². The highest BCUT2D eigenvalue weighted by molar-refractivity contribution is 9.10. The van der Waals surface area contributed by atoms with Crippen LogP contribution < -0.4 is 10.2 Å². The van der Waals surface area contributed by atoms with Gasteiger partial charge in [0.05, 0.1) is 19.6 Å². The van der Waals surface area contributed by atoms with Crippen molar-refractivity contribution in [2.45, 2.75) is 26.2 Å². The highest BCUT2D eigenvalue weighted by Crippen LogP contribution is 2.10. The molecule has 2 N–H and O–H groups in total. The van der Waals surface area contributed by atoms with Gasteiger partial charge in [0.2, 0.25) is 0 Å². The molecule has 1 fully saturated rings. The molecular formula is C16H24BrN2O+. The smallest absolute Gasteiger partial charge is 0.251 e. The molecule has 1 aliphatic rings. The number of piperidine rings is 1. The maximum absolute atomic E-state index is 11.9. The molecule has 1 aromatic rings. The Labute approximate surface area is 129 Å². The van der Waals surface area contributed by atoms with E-state index in [-0.39, 0.29) is 5.91 Å². The fraction of sp³-hybridized carbons (Fsp3) is 0.562. The van der Waals surface area contributed by atoms with Crippen LogP contribution in [0.1, 0.15) is 36.5 Å². The number of rotatable bonds is 5. The van der Waals surface area contributed by atoms with Crippen LogP contribution in [0.25, 0.3) is 0 Å². The van der Waals surface area contributed by atoms with E-state index in [1.165, 1.54) is 32.5 Å². The molecule has 20 heavy (non-hydrogen) atoms. The molecule has 1 heterocycles. The normalized spacial score (nSPS) is 22.5. The van der Waals surface area contributed by atoms with Gasteiger partial charge in [0.1, 0.15) is 0 Å². The van der Waals surface area contributed by atoms with E-state index in [9.17, 15) is 4.79 Å². The molecule has 0 bridgehead atoms. The van der Waals surface area contributed by atoms with Crippen LogP contribution in [0.15, 0.2) is 28.7 Å². The minimum absolute atomic E-state index is 0.0276. The second-order valence-electron chi connectivity index (χ2n) is 5.80. The topological polar surface area (TPSA) is 33.5 Å². The molecule has 0 spiro atoms. The molecule has 1 amide bonds. The molecule has 2 rings (SSSR count). The summed E-state index contributed by atoms with van der Waals surface area (Å²) in [6, 6.07) is 7.48. The minimum Gasteiger partial charge on any atom is -0.352 e. The quantitative estimate of drug-likeness (QED) is 0.789. The van der Waals surface area contributed by atoms with Crippen molar-refractivity contribution in [2.75, 3.05) is 26.2 Å². The van der Waals surface area contributed by atoms with E-state index < -0.39 is 0 Å². The number of likely N-dealkylation sites (tertiary alicyclic amines) is 1. The summed E-state index contributed by atoms with van der Waals surface area (Å²) in [7, 11) is 0. The summed E-state index contributed by atoms with van der Waals surface area (Å²) >= 11 is 3.37. The highest BCUT2D eigenvalue weighted by Gasteiger charge is 2.18. The molecule has 3 nitrogen and oxygen atoms in total. The summed E-state index contributed by atoms with van der Waals surface area (Å²) in [5.41, 5.74) is 0.729. The van der Waals surface area contributed by atoms with Crippen molar-refractivity contribution in [2.24, 2.45) is 5.92 Å². The Morgan fingerprint density at radius 3 is 2.60 bits per heavy atom. The summed E-state index contributed by atoms with van der Waals surface area (Å²) in [5, 5.41) is 3.00. The van der Waals surface area contributed by atoms with Gasteiger partial charge in [-0.1, -0.05) is 22.9 Å². The molecular weight excluding hydrogens is 316 g/mol. The number of halogens is 1. The SMILES string of the molecule is CC1CC[NH+](CCCNC(=O)c2ccc(Br)cc2)CC1. The second kappa shape index (κ2) is 7.79. The lowest BCUT2D eigenvalue weighted by Crippen LogP contribution is -3.13. The summed E-state index contributed by atoms with van der Waals surface area (Å²) in [6.45, 7) is 6.88. The van der Waals surface area contributed by atoms with E-state index in [1.54, 1.807) is 4.90 Å². The van der Waals surface area contributed by atoms with E-state index in [0.717, 1.165) is 28.9 Å². The lowest BCUT2D eigenvalue weighted by molar-refractivity contribution is -0.906.